The topological polar surface area (TPSA) is 214 Å². The third kappa shape index (κ3) is 19.8. The van der Waals surface area contributed by atoms with Crippen molar-refractivity contribution in [1.82, 2.24) is 29.6 Å². The van der Waals surface area contributed by atoms with E-state index in [1.54, 1.807) is 74.9 Å². The maximum atomic E-state index is 15.0. The molecule has 4 aromatic rings. The minimum absolute atomic E-state index is 0.0574. The smallest absolute Gasteiger partial charge is 0.329 e. The van der Waals surface area contributed by atoms with Gasteiger partial charge in [-0.1, -0.05) is 104 Å². The van der Waals surface area contributed by atoms with Crippen LogP contribution in [0.1, 0.15) is 117 Å². The first-order valence-corrected chi connectivity index (χ1v) is 29.3. The van der Waals surface area contributed by atoms with Crippen LogP contribution >= 0.6 is 12.2 Å². The molecule has 0 spiro atoms. The van der Waals surface area contributed by atoms with Crippen LogP contribution in [-0.2, 0) is 78.6 Å². The predicted molar refractivity (Wildman–Crippen MR) is 320 cm³/mol. The summed E-state index contributed by atoms with van der Waals surface area (Å²) in [4.78, 5) is 117. The second-order valence-electron chi connectivity index (χ2n) is 23.3. The fourth-order valence-electron chi connectivity index (χ4n) is 9.63. The molecule has 3 amide bonds. The van der Waals surface area contributed by atoms with Gasteiger partial charge in [0, 0.05) is 53.4 Å². The molecule has 2 aromatic heterocycles. The van der Waals surface area contributed by atoms with Crippen molar-refractivity contribution in [2.45, 2.75) is 170 Å². The van der Waals surface area contributed by atoms with Crippen molar-refractivity contribution in [3.8, 4) is 11.5 Å². The summed E-state index contributed by atoms with van der Waals surface area (Å²) in [7, 11) is 5.82. The van der Waals surface area contributed by atoms with Gasteiger partial charge in [0.25, 0.3) is 17.7 Å². The Labute approximate surface area is 501 Å². The van der Waals surface area contributed by atoms with E-state index in [-0.39, 0.29) is 80.4 Å². The third-order valence-corrected chi connectivity index (χ3v) is 15.0. The van der Waals surface area contributed by atoms with Crippen molar-refractivity contribution in [2.75, 3.05) is 28.2 Å². The van der Waals surface area contributed by atoms with Crippen LogP contribution in [0.2, 0.25) is 0 Å². The number of nitrogens with zero attached hydrogens (tertiary/aromatic N) is 6. The van der Waals surface area contributed by atoms with Gasteiger partial charge in [-0.3, -0.25) is 24.4 Å². The lowest BCUT2D eigenvalue weighted by molar-refractivity contribution is -0.174. The first-order chi connectivity index (χ1) is 39.7. The first kappa shape index (κ1) is 67.3. The Morgan fingerprint density at radius 3 is 1.10 bits per heavy atom. The Kier molecular flexibility index (Phi) is 25.6. The number of carbonyl (C=O) groups is 7. The number of pyridine rings is 2. The molecule has 456 valence electrons. The van der Waals surface area contributed by atoms with Crippen molar-refractivity contribution < 1.29 is 62.0 Å². The van der Waals surface area contributed by atoms with Gasteiger partial charge in [0.1, 0.15) is 60.0 Å². The quantitative estimate of drug-likeness (QED) is 0.0519. The highest BCUT2D eigenvalue weighted by Crippen LogP contribution is 2.26. The summed E-state index contributed by atoms with van der Waals surface area (Å²) >= 11 is 5.98. The molecule has 1 aliphatic rings. The molecule has 8 atom stereocenters. The molecular formula is C64H86N6O13S. The molecule has 0 unspecified atom stereocenters. The highest BCUT2D eigenvalue weighted by Gasteiger charge is 2.42. The molecule has 0 saturated carbocycles. The third-order valence-electron chi connectivity index (χ3n) is 14.4. The molecule has 1 fully saturated rings. The van der Waals surface area contributed by atoms with Crippen LogP contribution in [0.15, 0.2) is 97.3 Å². The van der Waals surface area contributed by atoms with Gasteiger partial charge in [0.05, 0.1) is 11.4 Å². The van der Waals surface area contributed by atoms with E-state index in [0.29, 0.717) is 22.6 Å². The van der Waals surface area contributed by atoms with Crippen molar-refractivity contribution in [3.05, 3.63) is 120 Å². The summed E-state index contributed by atoms with van der Waals surface area (Å²) < 4.78 is 36.5. The van der Waals surface area contributed by atoms with E-state index in [1.807, 2.05) is 91.8 Å². The van der Waals surface area contributed by atoms with E-state index >= 15 is 9.59 Å². The zero-order chi connectivity index (χ0) is 61.9. The number of carbonyl (C=O) groups excluding carboxylic acids is 7. The Morgan fingerprint density at radius 2 is 0.762 bits per heavy atom. The van der Waals surface area contributed by atoms with Gasteiger partial charge in [0.2, 0.25) is 0 Å². The van der Waals surface area contributed by atoms with Gasteiger partial charge in [-0.15, -0.1) is 0 Å². The van der Waals surface area contributed by atoms with Crippen LogP contribution in [0.25, 0.3) is 0 Å². The number of rotatable bonds is 18. The molecule has 2 aromatic carbocycles. The molecule has 20 heteroatoms. The molecule has 1 aliphatic heterocycles. The molecule has 5 rings (SSSR count). The highest BCUT2D eigenvalue weighted by atomic mass is 32.1. The summed E-state index contributed by atoms with van der Waals surface area (Å²) in [6, 6.07) is 20.0. The van der Waals surface area contributed by atoms with E-state index in [9.17, 15) is 24.0 Å². The van der Waals surface area contributed by atoms with Crippen LogP contribution in [-0.4, -0.2) is 153 Å². The van der Waals surface area contributed by atoms with Crippen LogP contribution in [0, 0.1) is 23.7 Å². The van der Waals surface area contributed by atoms with Crippen LogP contribution < -0.4 is 9.47 Å². The van der Waals surface area contributed by atoms with Crippen molar-refractivity contribution in [1.29, 1.82) is 0 Å². The van der Waals surface area contributed by atoms with Crippen molar-refractivity contribution in [3.63, 3.8) is 0 Å². The summed E-state index contributed by atoms with van der Waals surface area (Å²) in [5, 5.41) is 0. The highest BCUT2D eigenvalue weighted by molar-refractivity contribution is 7.80. The number of ether oxygens (including phenoxy) is 6. The zero-order valence-corrected chi connectivity index (χ0v) is 52.0. The van der Waals surface area contributed by atoms with E-state index in [0.717, 1.165) is 16.3 Å². The van der Waals surface area contributed by atoms with Gasteiger partial charge in [-0.2, -0.15) is 0 Å². The Morgan fingerprint density at radius 1 is 0.440 bits per heavy atom. The van der Waals surface area contributed by atoms with Gasteiger partial charge < -0.3 is 48.0 Å². The normalized spacial score (nSPS) is 22.5. The number of esters is 4. The summed E-state index contributed by atoms with van der Waals surface area (Å²) in [5.74, 6) is -5.20. The van der Waals surface area contributed by atoms with Gasteiger partial charge in [0.15, 0.2) is 18.3 Å². The first-order valence-electron chi connectivity index (χ1n) is 28.9. The average molecular weight is 1180 g/mol. The van der Waals surface area contributed by atoms with Crippen LogP contribution in [0.5, 0.6) is 11.5 Å². The van der Waals surface area contributed by atoms with Gasteiger partial charge in [-0.05, 0) is 123 Å². The fraction of sp³-hybridized carbons (Fsp3) is 0.531. The maximum absolute atomic E-state index is 15.0. The number of hydrogen-bond donors (Lipinski definition) is 0. The maximum Gasteiger partial charge on any atom is 0.329 e. The number of cyclic esters (lactones) is 4. The Balaban J connectivity index is 1.57. The van der Waals surface area contributed by atoms with Crippen LogP contribution in [0.4, 0.5) is 0 Å². The number of hydrogen-bond acceptors (Lipinski definition) is 16. The number of likely N-dealkylation sites (N-methyl/N-ethyl adjacent to an activating group) is 4. The predicted octanol–water partition coefficient (Wildman–Crippen LogP) is 8.41. The molecule has 84 heavy (non-hydrogen) atoms. The minimum atomic E-state index is -1.53. The second-order valence-corrected chi connectivity index (χ2v) is 23.7. The second kappa shape index (κ2) is 32.0. The van der Waals surface area contributed by atoms with E-state index in [2.05, 4.69) is 9.97 Å². The lowest BCUT2D eigenvalue weighted by Crippen LogP contribution is -2.54. The average Bonchev–Trinajstić information content (AvgIpc) is 3.49. The molecule has 3 heterocycles. The Bertz CT molecular complexity index is 2610. The van der Waals surface area contributed by atoms with Crippen LogP contribution in [0.3, 0.4) is 0 Å². The molecule has 19 nitrogen and oxygen atoms in total. The van der Waals surface area contributed by atoms with E-state index in [4.69, 9.17) is 40.6 Å². The molecule has 0 aliphatic carbocycles. The van der Waals surface area contributed by atoms with Crippen molar-refractivity contribution in [2.24, 2.45) is 23.7 Å². The van der Waals surface area contributed by atoms with E-state index < -0.39 is 90.2 Å². The number of amides is 3. The number of benzene rings is 2. The monoisotopic (exact) mass is 1180 g/mol. The van der Waals surface area contributed by atoms with Gasteiger partial charge in [-0.25, -0.2) is 19.2 Å². The lowest BCUT2D eigenvalue weighted by atomic mass is 10.00. The summed E-state index contributed by atoms with van der Waals surface area (Å²) in [5.41, 5.74) is 2.63. The standard InChI is InChI=1S/C64H86N6O13S/c1-39(2)31-51-61(74)80-43(9)57(71)67(11)53(33-41(5)6)63(76)82-55(35-45-21-25-49(26-22-45)78-37-47-19-15-17-29-65-47)58(72)69(13)52(32-40(3)4)62(75)81-44(10)60(84)70(14)54(34-42(7)8)64(77)83-56(59(73)68(51)12)36-46-23-27-50(28-24-46)79-38-48-20-16-18-30-66-48/h15-30,39-44,51-56H,31-38H2,1-14H3/t43-,44-,51+,52+,53+,54+,55-,56-/m0/s1. The molecule has 1 saturated heterocycles. The number of aromatic nitrogens is 2. The minimum Gasteiger partial charge on any atom is -0.487 e. The molecule has 0 bridgehead atoms. The molecule has 0 radical (unpaired) electrons. The molecular weight excluding hydrogens is 1090 g/mol. The summed E-state index contributed by atoms with van der Waals surface area (Å²) in [6.07, 6.45) is -2.05. The summed E-state index contributed by atoms with van der Waals surface area (Å²) in [6.45, 7) is 18.4. The van der Waals surface area contributed by atoms with Crippen molar-refractivity contribution >= 4 is 58.8 Å². The SMILES string of the molecule is CC(C)C[C@@H]1C(=O)O[C@@H](Cc2ccc(OCc3ccccn3)cc2)C(=O)N(C)[C@H](CC(C)C)C(=O)O[C@@H](C)C(=S)N(C)[C@H](CC(C)C)C(=O)O[C@@H](Cc2ccc(OCc3ccccn3)cc2)C(=O)N(C)[C@H](CC(C)C)C(=O)O[C@@H](C)C(=O)N1C. The largest absolute Gasteiger partial charge is 0.487 e. The Hall–Kier alpha value is -7.48. The van der Waals surface area contributed by atoms with Gasteiger partial charge >= 0.3 is 23.9 Å². The van der Waals surface area contributed by atoms with E-state index in [1.165, 1.54) is 42.8 Å². The zero-order valence-electron chi connectivity index (χ0n) is 51.2. The fourth-order valence-corrected chi connectivity index (χ4v) is 9.81. The number of thiocarbonyl (C=S) groups is 1. The molecule has 0 N–H and O–H groups in total. The lowest BCUT2D eigenvalue weighted by Gasteiger charge is -2.36.